The summed E-state index contributed by atoms with van der Waals surface area (Å²) in [6, 6.07) is 2.88. The molecule has 1 fully saturated rings. The van der Waals surface area contributed by atoms with Crippen LogP contribution in [0.2, 0.25) is 10.0 Å². The minimum Gasteiger partial charge on any atom is -0.491 e. The van der Waals surface area contributed by atoms with E-state index < -0.39 is 5.92 Å². The standard InChI is InChI=1S/C13H12Cl2F2O2/c14-10-3-9(6-18)12(11(15)4-10)19-7-8-1-2-13(16,17)5-8/h3-4,6,8H,1-2,5,7H2. The zero-order valence-electron chi connectivity index (χ0n) is 9.97. The highest BCUT2D eigenvalue weighted by molar-refractivity contribution is 6.36. The van der Waals surface area contributed by atoms with E-state index in [2.05, 4.69) is 0 Å². The third-order valence-electron chi connectivity index (χ3n) is 3.13. The van der Waals surface area contributed by atoms with Gasteiger partial charge in [-0.1, -0.05) is 23.2 Å². The quantitative estimate of drug-likeness (QED) is 0.759. The van der Waals surface area contributed by atoms with E-state index in [-0.39, 0.29) is 41.7 Å². The summed E-state index contributed by atoms with van der Waals surface area (Å²) < 4.78 is 31.5. The lowest BCUT2D eigenvalue weighted by molar-refractivity contribution is 0.00290. The van der Waals surface area contributed by atoms with Gasteiger partial charge in [-0.2, -0.15) is 0 Å². The SMILES string of the molecule is O=Cc1cc(Cl)cc(Cl)c1OCC1CCC(F)(F)C1. The summed E-state index contributed by atoms with van der Waals surface area (Å²) in [6.45, 7) is 0.123. The van der Waals surface area contributed by atoms with E-state index in [9.17, 15) is 13.6 Å². The number of hydrogen-bond donors (Lipinski definition) is 0. The number of alkyl halides is 2. The number of halogens is 4. The molecule has 1 aliphatic carbocycles. The lowest BCUT2D eigenvalue weighted by Gasteiger charge is -2.14. The molecule has 1 saturated carbocycles. The molecule has 1 atom stereocenters. The molecule has 2 rings (SSSR count). The molecule has 0 aromatic heterocycles. The van der Waals surface area contributed by atoms with E-state index in [1.165, 1.54) is 12.1 Å². The second kappa shape index (κ2) is 5.63. The number of benzene rings is 1. The average molecular weight is 309 g/mol. The van der Waals surface area contributed by atoms with Crippen LogP contribution in [0, 0.1) is 5.92 Å². The Balaban J connectivity index is 2.06. The Morgan fingerprint density at radius 1 is 1.42 bits per heavy atom. The van der Waals surface area contributed by atoms with E-state index in [1.807, 2.05) is 0 Å². The Kier molecular flexibility index (Phi) is 4.31. The second-order valence-electron chi connectivity index (χ2n) is 4.70. The summed E-state index contributed by atoms with van der Waals surface area (Å²) in [5.41, 5.74) is 0.224. The molecule has 0 N–H and O–H groups in total. The lowest BCUT2D eigenvalue weighted by atomic mass is 10.1. The van der Waals surface area contributed by atoms with Gasteiger partial charge in [-0.05, 0) is 24.5 Å². The van der Waals surface area contributed by atoms with Gasteiger partial charge < -0.3 is 4.74 Å². The van der Waals surface area contributed by atoms with Crippen LogP contribution in [0.15, 0.2) is 12.1 Å². The predicted octanol–water partition coefficient (Wildman–Crippen LogP) is 4.62. The van der Waals surface area contributed by atoms with Crippen LogP contribution in [0.3, 0.4) is 0 Å². The number of carbonyl (C=O) groups excluding carboxylic acids is 1. The first kappa shape index (κ1) is 14.5. The van der Waals surface area contributed by atoms with Gasteiger partial charge in [0, 0.05) is 17.9 Å². The summed E-state index contributed by atoms with van der Waals surface area (Å²) >= 11 is 11.7. The van der Waals surface area contributed by atoms with Crippen molar-refractivity contribution in [3.05, 3.63) is 27.7 Å². The Hall–Kier alpha value is -0.870. The van der Waals surface area contributed by atoms with Crippen LogP contribution >= 0.6 is 23.2 Å². The molecule has 2 nitrogen and oxygen atoms in total. The molecule has 0 amide bonds. The monoisotopic (exact) mass is 308 g/mol. The van der Waals surface area contributed by atoms with Crippen molar-refractivity contribution in [1.29, 1.82) is 0 Å². The Morgan fingerprint density at radius 3 is 2.74 bits per heavy atom. The van der Waals surface area contributed by atoms with Crippen LogP contribution in [0.4, 0.5) is 8.78 Å². The Morgan fingerprint density at radius 2 is 2.16 bits per heavy atom. The van der Waals surface area contributed by atoms with Crippen LogP contribution in [0.5, 0.6) is 5.75 Å². The fourth-order valence-corrected chi connectivity index (χ4v) is 2.77. The highest BCUT2D eigenvalue weighted by Gasteiger charge is 2.39. The number of aldehydes is 1. The highest BCUT2D eigenvalue weighted by Crippen LogP contribution is 2.39. The summed E-state index contributed by atoms with van der Waals surface area (Å²) in [6.07, 6.45) is 0.690. The van der Waals surface area contributed by atoms with Crippen LogP contribution in [-0.2, 0) is 0 Å². The van der Waals surface area contributed by atoms with E-state index in [1.54, 1.807) is 0 Å². The molecule has 0 radical (unpaired) electrons. The molecule has 1 aromatic carbocycles. The summed E-state index contributed by atoms with van der Waals surface area (Å²) in [5, 5.41) is 0.534. The third-order valence-corrected chi connectivity index (χ3v) is 3.63. The molecule has 19 heavy (non-hydrogen) atoms. The molecule has 0 aliphatic heterocycles. The topological polar surface area (TPSA) is 26.3 Å². The zero-order chi connectivity index (χ0) is 14.0. The van der Waals surface area contributed by atoms with Gasteiger partial charge >= 0.3 is 0 Å². The number of rotatable bonds is 4. The van der Waals surface area contributed by atoms with Crippen molar-refractivity contribution in [3.8, 4) is 5.75 Å². The van der Waals surface area contributed by atoms with Gasteiger partial charge in [0.25, 0.3) is 0 Å². The molecule has 0 bridgehead atoms. The maximum absolute atomic E-state index is 13.0. The van der Waals surface area contributed by atoms with Crippen molar-refractivity contribution in [2.75, 3.05) is 6.61 Å². The van der Waals surface area contributed by atoms with Crippen molar-refractivity contribution in [3.63, 3.8) is 0 Å². The van der Waals surface area contributed by atoms with E-state index in [0.29, 0.717) is 17.7 Å². The van der Waals surface area contributed by atoms with Crippen molar-refractivity contribution in [2.24, 2.45) is 5.92 Å². The second-order valence-corrected chi connectivity index (χ2v) is 5.54. The van der Waals surface area contributed by atoms with Crippen molar-refractivity contribution in [1.82, 2.24) is 0 Å². The van der Waals surface area contributed by atoms with Crippen molar-refractivity contribution in [2.45, 2.75) is 25.2 Å². The van der Waals surface area contributed by atoms with E-state index in [0.717, 1.165) is 0 Å². The van der Waals surface area contributed by atoms with Gasteiger partial charge in [0.1, 0.15) is 5.75 Å². The maximum atomic E-state index is 13.0. The third kappa shape index (κ3) is 3.57. The fourth-order valence-electron chi connectivity index (χ4n) is 2.21. The molecule has 0 heterocycles. The van der Waals surface area contributed by atoms with Crippen LogP contribution in [0.25, 0.3) is 0 Å². The van der Waals surface area contributed by atoms with E-state index in [4.69, 9.17) is 27.9 Å². The van der Waals surface area contributed by atoms with Crippen molar-refractivity contribution >= 4 is 29.5 Å². The minimum absolute atomic E-state index is 0.115. The van der Waals surface area contributed by atoms with Gasteiger partial charge in [0.2, 0.25) is 5.92 Å². The van der Waals surface area contributed by atoms with Crippen LogP contribution in [0.1, 0.15) is 29.6 Å². The molecular formula is C13H12Cl2F2O2. The lowest BCUT2D eigenvalue weighted by Crippen LogP contribution is -2.14. The Labute approximate surface area is 119 Å². The van der Waals surface area contributed by atoms with Gasteiger partial charge in [0.05, 0.1) is 17.2 Å². The number of hydrogen-bond acceptors (Lipinski definition) is 2. The normalized spacial score (nSPS) is 21.4. The average Bonchev–Trinajstić information content (AvgIpc) is 2.67. The molecule has 6 heteroatoms. The molecule has 1 unspecified atom stereocenters. The van der Waals surface area contributed by atoms with Gasteiger partial charge in [-0.15, -0.1) is 0 Å². The van der Waals surface area contributed by atoms with Crippen LogP contribution < -0.4 is 4.74 Å². The predicted molar refractivity (Wildman–Crippen MR) is 69.6 cm³/mol. The molecule has 0 spiro atoms. The van der Waals surface area contributed by atoms with Gasteiger partial charge in [-0.25, -0.2) is 8.78 Å². The van der Waals surface area contributed by atoms with Crippen molar-refractivity contribution < 1.29 is 18.3 Å². The summed E-state index contributed by atoms with van der Waals surface area (Å²) in [7, 11) is 0. The molecule has 1 aliphatic rings. The molecule has 1 aromatic rings. The molecule has 0 saturated heterocycles. The first-order chi connectivity index (χ1) is 8.91. The van der Waals surface area contributed by atoms with Gasteiger partial charge in [-0.3, -0.25) is 4.79 Å². The first-order valence-corrected chi connectivity index (χ1v) is 6.62. The number of carbonyl (C=O) groups is 1. The van der Waals surface area contributed by atoms with Gasteiger partial charge in [0.15, 0.2) is 6.29 Å². The Bertz CT molecular complexity index is 492. The van der Waals surface area contributed by atoms with Crippen LogP contribution in [-0.4, -0.2) is 18.8 Å². The minimum atomic E-state index is -2.61. The number of ether oxygens (including phenoxy) is 1. The summed E-state index contributed by atoms with van der Waals surface area (Å²) in [5.74, 6) is -2.62. The fraction of sp³-hybridized carbons (Fsp3) is 0.462. The smallest absolute Gasteiger partial charge is 0.248 e. The maximum Gasteiger partial charge on any atom is 0.248 e. The summed E-state index contributed by atoms with van der Waals surface area (Å²) in [4.78, 5) is 10.9. The molecular weight excluding hydrogens is 297 g/mol. The zero-order valence-corrected chi connectivity index (χ0v) is 11.5. The molecule has 104 valence electrons. The van der Waals surface area contributed by atoms with E-state index >= 15 is 0 Å². The first-order valence-electron chi connectivity index (χ1n) is 5.86. The highest BCUT2D eigenvalue weighted by atomic mass is 35.5. The largest absolute Gasteiger partial charge is 0.491 e.